The van der Waals surface area contributed by atoms with Crippen LogP contribution in [0.2, 0.25) is 0 Å². The maximum absolute atomic E-state index is 12.5. The summed E-state index contributed by atoms with van der Waals surface area (Å²) >= 11 is 0. The minimum atomic E-state index is -0.875. The van der Waals surface area contributed by atoms with Crippen LogP contribution in [0.5, 0.6) is 0 Å². The highest BCUT2D eigenvalue weighted by Crippen LogP contribution is 2.30. The molecule has 6 heteroatoms. The fraction of sp³-hybridized carbons (Fsp3) is 0.400. The van der Waals surface area contributed by atoms with Crippen LogP contribution in [0.4, 0.5) is 0 Å². The molecule has 1 amide bonds. The lowest BCUT2D eigenvalue weighted by atomic mass is 9.97. The van der Waals surface area contributed by atoms with E-state index in [-0.39, 0.29) is 18.0 Å². The van der Waals surface area contributed by atoms with E-state index in [9.17, 15) is 15.0 Å². The fourth-order valence-electron chi connectivity index (χ4n) is 4.14. The molecule has 0 radical (unpaired) electrons. The van der Waals surface area contributed by atoms with Crippen LogP contribution in [0, 0.1) is 0 Å². The van der Waals surface area contributed by atoms with Crippen molar-refractivity contribution < 1.29 is 15.0 Å². The van der Waals surface area contributed by atoms with Crippen molar-refractivity contribution in [2.75, 3.05) is 6.54 Å². The Morgan fingerprint density at radius 3 is 2.73 bits per heavy atom. The number of carbonyl (C=O) groups excluding carboxylic acids is 1. The summed E-state index contributed by atoms with van der Waals surface area (Å²) < 4.78 is 0. The minimum absolute atomic E-state index is 0.230. The van der Waals surface area contributed by atoms with Gasteiger partial charge in [0.05, 0.1) is 23.8 Å². The molecule has 1 aromatic carbocycles. The van der Waals surface area contributed by atoms with Crippen molar-refractivity contribution in [3.05, 3.63) is 65.5 Å². The van der Waals surface area contributed by atoms with Crippen molar-refractivity contribution in [3.8, 4) is 0 Å². The van der Waals surface area contributed by atoms with Gasteiger partial charge in [-0.2, -0.15) is 0 Å². The smallest absolute Gasteiger partial charge is 0.253 e. The Morgan fingerprint density at radius 2 is 1.96 bits per heavy atom. The highest BCUT2D eigenvalue weighted by molar-refractivity contribution is 5.94. The van der Waals surface area contributed by atoms with Gasteiger partial charge in [0.2, 0.25) is 0 Å². The number of nitrogens with one attached hydrogen (secondary N) is 1. The summed E-state index contributed by atoms with van der Waals surface area (Å²) in [4.78, 5) is 18.7. The van der Waals surface area contributed by atoms with E-state index in [0.29, 0.717) is 18.5 Å². The van der Waals surface area contributed by atoms with E-state index in [1.54, 1.807) is 18.3 Å². The number of benzene rings is 1. The number of fused-ring (bicyclic) bond motifs is 1. The van der Waals surface area contributed by atoms with Crippen LogP contribution >= 0.6 is 0 Å². The highest BCUT2D eigenvalue weighted by Gasteiger charge is 2.46. The molecular weight excluding hydrogens is 330 g/mol. The van der Waals surface area contributed by atoms with Crippen molar-refractivity contribution in [2.45, 2.75) is 43.7 Å². The predicted molar refractivity (Wildman–Crippen MR) is 96.5 cm³/mol. The third-order valence-electron chi connectivity index (χ3n) is 5.47. The summed E-state index contributed by atoms with van der Waals surface area (Å²) in [6.45, 7) is 1.51. The van der Waals surface area contributed by atoms with Crippen molar-refractivity contribution in [1.29, 1.82) is 0 Å². The van der Waals surface area contributed by atoms with E-state index in [0.717, 1.165) is 13.0 Å². The van der Waals surface area contributed by atoms with E-state index in [4.69, 9.17) is 0 Å². The van der Waals surface area contributed by atoms with Gasteiger partial charge in [-0.1, -0.05) is 24.3 Å². The van der Waals surface area contributed by atoms with Crippen LogP contribution in [0.15, 0.2) is 48.8 Å². The topological polar surface area (TPSA) is 85.7 Å². The molecule has 2 heterocycles. The second-order valence-electron chi connectivity index (χ2n) is 7.10. The van der Waals surface area contributed by atoms with Crippen molar-refractivity contribution >= 4 is 5.91 Å². The summed E-state index contributed by atoms with van der Waals surface area (Å²) in [6, 6.07) is 11.1. The van der Waals surface area contributed by atoms with Gasteiger partial charge in [0, 0.05) is 31.5 Å². The molecule has 1 aliphatic carbocycles. The summed E-state index contributed by atoms with van der Waals surface area (Å²) in [7, 11) is 0. The van der Waals surface area contributed by atoms with Gasteiger partial charge in [0.15, 0.2) is 0 Å². The normalized spacial score (nSPS) is 28.5. The van der Waals surface area contributed by atoms with E-state index in [1.807, 2.05) is 12.1 Å². The molecule has 26 heavy (non-hydrogen) atoms. The Morgan fingerprint density at radius 1 is 1.15 bits per heavy atom. The molecule has 1 fully saturated rings. The zero-order valence-electron chi connectivity index (χ0n) is 14.5. The van der Waals surface area contributed by atoms with Crippen molar-refractivity contribution in [3.63, 3.8) is 0 Å². The van der Waals surface area contributed by atoms with E-state index < -0.39 is 12.2 Å². The van der Waals surface area contributed by atoms with E-state index in [2.05, 4.69) is 27.3 Å². The van der Waals surface area contributed by atoms with E-state index >= 15 is 0 Å². The third-order valence-corrected chi connectivity index (χ3v) is 5.47. The second kappa shape index (κ2) is 7.15. The molecule has 1 aromatic heterocycles. The molecule has 4 atom stereocenters. The average molecular weight is 353 g/mol. The second-order valence-corrected chi connectivity index (χ2v) is 7.10. The quantitative estimate of drug-likeness (QED) is 0.758. The van der Waals surface area contributed by atoms with Gasteiger partial charge in [-0.05, 0) is 36.1 Å². The molecule has 136 valence electrons. The molecule has 6 nitrogen and oxygen atoms in total. The molecule has 0 spiro atoms. The Balaban J connectivity index is 1.52. The number of rotatable bonds is 3. The zero-order chi connectivity index (χ0) is 18.1. The van der Waals surface area contributed by atoms with Crippen molar-refractivity contribution in [2.24, 2.45) is 0 Å². The number of hydrogen-bond acceptors (Lipinski definition) is 5. The molecule has 1 saturated carbocycles. The zero-order valence-corrected chi connectivity index (χ0v) is 14.5. The van der Waals surface area contributed by atoms with Gasteiger partial charge in [-0.3, -0.25) is 14.7 Å². The first kappa shape index (κ1) is 17.1. The van der Waals surface area contributed by atoms with Gasteiger partial charge >= 0.3 is 0 Å². The number of aliphatic hydroxyl groups excluding tert-OH is 2. The first-order valence-corrected chi connectivity index (χ1v) is 9.01. The van der Waals surface area contributed by atoms with Gasteiger partial charge in [-0.15, -0.1) is 0 Å². The lowest BCUT2D eigenvalue weighted by Crippen LogP contribution is -2.54. The Kier molecular flexibility index (Phi) is 4.72. The molecule has 0 unspecified atom stereocenters. The molecule has 4 rings (SSSR count). The maximum atomic E-state index is 12.5. The van der Waals surface area contributed by atoms with Crippen molar-refractivity contribution in [1.82, 2.24) is 15.2 Å². The number of amides is 1. The molecule has 2 aliphatic rings. The Hall–Kier alpha value is -2.28. The highest BCUT2D eigenvalue weighted by atomic mass is 16.3. The molecule has 0 saturated heterocycles. The number of pyridine rings is 1. The Labute approximate surface area is 152 Å². The summed E-state index contributed by atoms with van der Waals surface area (Å²) in [5.74, 6) is -0.230. The number of nitrogens with zero attached hydrogens (tertiary/aromatic N) is 2. The number of hydrogen-bond donors (Lipinski definition) is 3. The number of carbonyl (C=O) groups is 1. The van der Waals surface area contributed by atoms with Gasteiger partial charge in [0.1, 0.15) is 0 Å². The lowest BCUT2D eigenvalue weighted by molar-refractivity contribution is -0.00699. The minimum Gasteiger partial charge on any atom is -0.390 e. The van der Waals surface area contributed by atoms with Crippen LogP contribution in [-0.2, 0) is 13.0 Å². The van der Waals surface area contributed by atoms with Crippen LogP contribution in [-0.4, -0.2) is 56.8 Å². The molecule has 2 aromatic rings. The van der Waals surface area contributed by atoms with Crippen LogP contribution < -0.4 is 5.32 Å². The first-order chi connectivity index (χ1) is 12.6. The number of aromatic nitrogens is 1. The van der Waals surface area contributed by atoms with Gasteiger partial charge in [-0.25, -0.2) is 0 Å². The lowest BCUT2D eigenvalue weighted by Gasteiger charge is -2.38. The summed E-state index contributed by atoms with van der Waals surface area (Å²) in [6.07, 6.45) is 2.67. The maximum Gasteiger partial charge on any atom is 0.253 e. The standard InChI is InChI=1S/C20H23N3O3/c24-17-10-16(22-20(26)14-6-3-8-21-11-14)18(19(17)25)23-9-7-13-4-1-2-5-15(13)12-23/h1-6,8,11,16-19,24-25H,7,9-10,12H2,(H,22,26)/t16-,17+,18+,19+/m1/s1. The fourth-order valence-corrected chi connectivity index (χ4v) is 4.14. The molecular formula is C20H23N3O3. The predicted octanol–water partition coefficient (Wildman–Crippen LogP) is 0.732. The van der Waals surface area contributed by atoms with Gasteiger partial charge in [0.25, 0.3) is 5.91 Å². The van der Waals surface area contributed by atoms with Crippen LogP contribution in [0.1, 0.15) is 27.9 Å². The third kappa shape index (κ3) is 3.23. The largest absolute Gasteiger partial charge is 0.390 e. The SMILES string of the molecule is O=C(N[C@@H]1C[C@H](O)[C@H](O)[C@H]1N1CCc2ccccc2C1)c1cccnc1. The summed E-state index contributed by atoms with van der Waals surface area (Å²) in [5, 5.41) is 23.8. The average Bonchev–Trinajstić information content (AvgIpc) is 2.95. The summed E-state index contributed by atoms with van der Waals surface area (Å²) in [5.41, 5.74) is 3.04. The van der Waals surface area contributed by atoms with Crippen LogP contribution in [0.3, 0.4) is 0 Å². The van der Waals surface area contributed by atoms with Crippen LogP contribution in [0.25, 0.3) is 0 Å². The van der Waals surface area contributed by atoms with E-state index in [1.165, 1.54) is 17.3 Å². The number of aliphatic hydroxyl groups is 2. The molecule has 3 N–H and O–H groups in total. The van der Waals surface area contributed by atoms with Gasteiger partial charge < -0.3 is 15.5 Å². The molecule has 0 bridgehead atoms. The Bertz CT molecular complexity index is 783. The monoisotopic (exact) mass is 353 g/mol. The molecule has 1 aliphatic heterocycles. The first-order valence-electron chi connectivity index (χ1n) is 9.01.